The Balaban J connectivity index is 2.87. The minimum absolute atomic E-state index is 0.199. The number of H-pyrrole nitrogens is 1. The SMILES string of the molecule is Cc1c[nH]c(C)[n+]1CCO. The minimum atomic E-state index is 0.199. The highest BCUT2D eigenvalue weighted by Gasteiger charge is 2.07. The minimum Gasteiger partial charge on any atom is -0.392 e. The number of hydrogen-bond acceptors (Lipinski definition) is 1. The van der Waals surface area contributed by atoms with E-state index in [9.17, 15) is 0 Å². The molecule has 3 nitrogen and oxygen atoms in total. The molecule has 3 heteroatoms. The van der Waals surface area contributed by atoms with Crippen LogP contribution >= 0.6 is 0 Å². The highest BCUT2D eigenvalue weighted by molar-refractivity contribution is 4.85. The van der Waals surface area contributed by atoms with Gasteiger partial charge in [-0.15, -0.1) is 0 Å². The number of rotatable bonds is 2. The maximum Gasteiger partial charge on any atom is 0.251 e. The summed E-state index contributed by atoms with van der Waals surface area (Å²) in [6.07, 6.45) is 1.94. The van der Waals surface area contributed by atoms with Gasteiger partial charge in [0.15, 0.2) is 0 Å². The van der Waals surface area contributed by atoms with Gasteiger partial charge in [-0.05, 0) is 0 Å². The van der Waals surface area contributed by atoms with Gasteiger partial charge in [-0.3, -0.25) is 0 Å². The fourth-order valence-electron chi connectivity index (χ4n) is 1.07. The van der Waals surface area contributed by atoms with Crippen molar-refractivity contribution < 1.29 is 9.67 Å². The highest BCUT2D eigenvalue weighted by atomic mass is 16.3. The van der Waals surface area contributed by atoms with Crippen molar-refractivity contribution in [2.75, 3.05) is 6.61 Å². The van der Waals surface area contributed by atoms with Crippen molar-refractivity contribution in [1.29, 1.82) is 0 Å². The van der Waals surface area contributed by atoms with Gasteiger partial charge in [0.1, 0.15) is 18.4 Å². The molecule has 0 unspecified atom stereocenters. The summed E-state index contributed by atoms with van der Waals surface area (Å²) in [5.41, 5.74) is 1.16. The Hall–Kier alpha value is -0.830. The Bertz CT molecular complexity index is 198. The molecule has 56 valence electrons. The Morgan fingerprint density at radius 1 is 1.60 bits per heavy atom. The molecule has 0 fully saturated rings. The van der Waals surface area contributed by atoms with Crippen LogP contribution in [0.15, 0.2) is 6.20 Å². The van der Waals surface area contributed by atoms with Gasteiger partial charge in [-0.2, -0.15) is 0 Å². The molecule has 0 aliphatic rings. The zero-order valence-corrected chi connectivity index (χ0v) is 6.39. The van der Waals surface area contributed by atoms with Crippen LogP contribution in [0.3, 0.4) is 0 Å². The standard InChI is InChI=1S/C7H12N2O/c1-6-5-8-7(2)9(6)3-4-10/h5,10H,3-4H2,1-2H3/p+1. The third kappa shape index (κ3) is 1.19. The molecule has 1 heterocycles. The van der Waals surface area contributed by atoms with E-state index in [0.29, 0.717) is 6.54 Å². The molecule has 10 heavy (non-hydrogen) atoms. The number of hydrogen-bond donors (Lipinski definition) is 2. The van der Waals surface area contributed by atoms with E-state index in [1.54, 1.807) is 0 Å². The fraction of sp³-hybridized carbons (Fsp3) is 0.571. The lowest BCUT2D eigenvalue weighted by molar-refractivity contribution is -0.708. The van der Waals surface area contributed by atoms with Gasteiger partial charge < -0.3 is 5.11 Å². The van der Waals surface area contributed by atoms with Gasteiger partial charge in [0.2, 0.25) is 0 Å². The molecular formula is C7H13N2O+. The summed E-state index contributed by atoms with van der Waals surface area (Å²) in [5, 5.41) is 8.65. The van der Waals surface area contributed by atoms with Crippen molar-refractivity contribution in [2.45, 2.75) is 20.4 Å². The molecule has 0 aliphatic heterocycles. The smallest absolute Gasteiger partial charge is 0.251 e. The van der Waals surface area contributed by atoms with E-state index >= 15 is 0 Å². The van der Waals surface area contributed by atoms with Crippen molar-refractivity contribution in [3.63, 3.8) is 0 Å². The number of aliphatic hydroxyl groups excluding tert-OH is 1. The monoisotopic (exact) mass is 141 g/mol. The molecule has 0 saturated heterocycles. The van der Waals surface area contributed by atoms with Crippen LogP contribution in [0.1, 0.15) is 11.5 Å². The Labute approximate surface area is 60.3 Å². The van der Waals surface area contributed by atoms with Crippen LogP contribution in [0.2, 0.25) is 0 Å². The van der Waals surface area contributed by atoms with Crippen molar-refractivity contribution >= 4 is 0 Å². The van der Waals surface area contributed by atoms with Crippen molar-refractivity contribution in [2.24, 2.45) is 0 Å². The number of aromatic amines is 1. The highest BCUT2D eigenvalue weighted by Crippen LogP contribution is 1.89. The van der Waals surface area contributed by atoms with Crippen LogP contribution in [0.25, 0.3) is 0 Å². The molecule has 0 spiro atoms. The van der Waals surface area contributed by atoms with Crippen LogP contribution in [-0.2, 0) is 6.54 Å². The molecule has 0 amide bonds. The molecule has 0 atom stereocenters. The number of aliphatic hydroxyl groups is 1. The third-order valence-electron chi connectivity index (χ3n) is 1.64. The van der Waals surface area contributed by atoms with Gasteiger partial charge in [-0.25, -0.2) is 9.55 Å². The first-order valence-corrected chi connectivity index (χ1v) is 3.41. The van der Waals surface area contributed by atoms with E-state index in [-0.39, 0.29) is 6.61 Å². The maximum absolute atomic E-state index is 8.65. The van der Waals surface area contributed by atoms with Crippen molar-refractivity contribution in [1.82, 2.24) is 4.98 Å². The van der Waals surface area contributed by atoms with E-state index in [1.165, 1.54) is 0 Å². The Morgan fingerprint density at radius 2 is 2.30 bits per heavy atom. The average molecular weight is 141 g/mol. The molecule has 1 aromatic heterocycles. The second kappa shape index (κ2) is 2.84. The summed E-state index contributed by atoms with van der Waals surface area (Å²) in [4.78, 5) is 3.07. The van der Waals surface area contributed by atoms with E-state index < -0.39 is 0 Å². The van der Waals surface area contributed by atoms with Gasteiger partial charge in [0.25, 0.3) is 5.82 Å². The van der Waals surface area contributed by atoms with Crippen molar-refractivity contribution in [3.05, 3.63) is 17.7 Å². The summed E-state index contributed by atoms with van der Waals surface area (Å²) in [7, 11) is 0. The number of imidazole rings is 1. The van der Waals surface area contributed by atoms with Crippen molar-refractivity contribution in [3.8, 4) is 0 Å². The summed E-state index contributed by atoms with van der Waals surface area (Å²) < 4.78 is 2.04. The summed E-state index contributed by atoms with van der Waals surface area (Å²) in [6, 6.07) is 0. The first kappa shape index (κ1) is 7.28. The summed E-state index contributed by atoms with van der Waals surface area (Å²) in [6.45, 7) is 4.88. The lowest BCUT2D eigenvalue weighted by Gasteiger charge is -1.94. The Kier molecular flexibility index (Phi) is 2.06. The van der Waals surface area contributed by atoms with Gasteiger partial charge in [-0.1, -0.05) is 0 Å². The maximum atomic E-state index is 8.65. The molecular weight excluding hydrogens is 128 g/mol. The first-order chi connectivity index (χ1) is 4.75. The zero-order valence-electron chi connectivity index (χ0n) is 6.39. The lowest BCUT2D eigenvalue weighted by Crippen LogP contribution is -2.39. The third-order valence-corrected chi connectivity index (χ3v) is 1.64. The van der Waals surface area contributed by atoms with Crippen LogP contribution < -0.4 is 4.57 Å². The molecule has 1 aromatic rings. The number of nitrogens with zero attached hydrogens (tertiary/aromatic N) is 1. The fourth-order valence-corrected chi connectivity index (χ4v) is 1.07. The lowest BCUT2D eigenvalue weighted by atomic mass is 10.5. The molecule has 1 rings (SSSR count). The molecule has 2 N–H and O–H groups in total. The topological polar surface area (TPSA) is 39.9 Å². The predicted octanol–water partition coefficient (Wildman–Crippen LogP) is -0.0887. The van der Waals surface area contributed by atoms with Crippen LogP contribution in [0.4, 0.5) is 0 Å². The van der Waals surface area contributed by atoms with E-state index in [4.69, 9.17) is 5.11 Å². The zero-order chi connectivity index (χ0) is 7.56. The van der Waals surface area contributed by atoms with Crippen LogP contribution in [0.5, 0.6) is 0 Å². The first-order valence-electron chi connectivity index (χ1n) is 3.41. The van der Waals surface area contributed by atoms with Gasteiger partial charge in [0.05, 0.1) is 6.61 Å². The number of aromatic nitrogens is 2. The summed E-state index contributed by atoms with van der Waals surface area (Å²) in [5.74, 6) is 1.09. The molecule has 0 bridgehead atoms. The van der Waals surface area contributed by atoms with Gasteiger partial charge in [0, 0.05) is 13.8 Å². The normalized spacial score (nSPS) is 10.3. The van der Waals surface area contributed by atoms with Gasteiger partial charge >= 0.3 is 0 Å². The summed E-state index contributed by atoms with van der Waals surface area (Å²) >= 11 is 0. The molecule has 0 aromatic carbocycles. The Morgan fingerprint density at radius 3 is 2.70 bits per heavy atom. The second-order valence-electron chi connectivity index (χ2n) is 2.39. The van der Waals surface area contributed by atoms with Crippen LogP contribution in [0, 0.1) is 13.8 Å². The van der Waals surface area contributed by atoms with Crippen LogP contribution in [-0.4, -0.2) is 16.7 Å². The number of nitrogens with one attached hydrogen (secondary N) is 1. The number of aryl methyl sites for hydroxylation is 2. The molecule has 0 aliphatic carbocycles. The largest absolute Gasteiger partial charge is 0.392 e. The quantitative estimate of drug-likeness (QED) is 0.555. The second-order valence-corrected chi connectivity index (χ2v) is 2.39. The van der Waals surface area contributed by atoms with E-state index in [1.807, 2.05) is 24.6 Å². The molecule has 0 radical (unpaired) electrons. The average Bonchev–Trinajstić information content (AvgIpc) is 2.20. The van der Waals surface area contributed by atoms with E-state index in [0.717, 1.165) is 11.5 Å². The predicted molar refractivity (Wildman–Crippen MR) is 37.5 cm³/mol. The molecule has 0 saturated carbocycles. The van der Waals surface area contributed by atoms with E-state index in [2.05, 4.69) is 4.98 Å².